The minimum atomic E-state index is -4.35. The fourth-order valence-electron chi connectivity index (χ4n) is 2.41. The number of benzene rings is 1. The molecule has 0 aliphatic rings. The summed E-state index contributed by atoms with van der Waals surface area (Å²) in [7, 11) is -4.35. The lowest BCUT2D eigenvalue weighted by molar-refractivity contribution is -0.385. The number of nitrogens with one attached hydrogen (secondary N) is 1. The topological polar surface area (TPSA) is 147 Å². The number of hydrogen-bond donors (Lipinski definition) is 2. The molecule has 1 aromatic rings. The number of nitro benzene ring substituents is 1. The first-order valence-corrected chi connectivity index (χ1v) is 9.08. The van der Waals surface area contributed by atoms with Crippen molar-refractivity contribution < 1.29 is 28.0 Å². The van der Waals surface area contributed by atoms with Crippen LogP contribution in [-0.4, -0.2) is 53.8 Å². The molecule has 11 heteroatoms. The van der Waals surface area contributed by atoms with Gasteiger partial charge in [0.2, 0.25) is 15.9 Å². The summed E-state index contributed by atoms with van der Waals surface area (Å²) in [5.74, 6) is -1.77. The predicted octanol–water partition coefficient (Wildman–Crippen LogP) is 0.812. The van der Waals surface area contributed by atoms with Crippen LogP contribution in [0, 0.1) is 24.0 Å². The molecule has 1 atom stereocenters. The van der Waals surface area contributed by atoms with Gasteiger partial charge in [-0.05, 0) is 32.4 Å². The largest absolute Gasteiger partial charge is 0.480 e. The van der Waals surface area contributed by atoms with E-state index >= 15 is 0 Å². The van der Waals surface area contributed by atoms with Crippen molar-refractivity contribution in [2.45, 2.75) is 38.6 Å². The summed E-state index contributed by atoms with van der Waals surface area (Å²) in [5, 5.41) is 22.8. The van der Waals surface area contributed by atoms with Gasteiger partial charge in [-0.25, -0.2) is 8.42 Å². The molecule has 0 aliphatic carbocycles. The van der Waals surface area contributed by atoms with Crippen LogP contribution in [0.2, 0.25) is 0 Å². The molecule has 26 heavy (non-hydrogen) atoms. The van der Waals surface area contributed by atoms with Crippen LogP contribution in [0.1, 0.15) is 25.0 Å². The molecule has 1 unspecified atom stereocenters. The van der Waals surface area contributed by atoms with Crippen LogP contribution in [0.15, 0.2) is 17.0 Å². The number of carbonyl (C=O) groups is 2. The lowest BCUT2D eigenvalue weighted by Gasteiger charge is -2.26. The first-order valence-electron chi connectivity index (χ1n) is 7.64. The molecule has 1 aromatic carbocycles. The smallest absolute Gasteiger partial charge is 0.321 e. The van der Waals surface area contributed by atoms with Crippen LogP contribution < -0.4 is 5.32 Å². The number of aliphatic carboxylic acids is 1. The normalized spacial score (nSPS) is 12.7. The maximum absolute atomic E-state index is 13.0. The number of carboxylic acids is 1. The van der Waals surface area contributed by atoms with Crippen molar-refractivity contribution in [1.29, 1.82) is 0 Å². The summed E-state index contributed by atoms with van der Waals surface area (Å²) in [4.78, 5) is 32.4. The van der Waals surface area contributed by atoms with Crippen molar-refractivity contribution in [2.24, 2.45) is 0 Å². The highest BCUT2D eigenvalue weighted by Crippen LogP contribution is 2.28. The standard InChI is InChI=1S/C15H21N3O7S/c1-9-7-10(2)14(8-13(9)18(22)23)26(24,25)17(11(3)15(20)21)6-5-16-12(4)19/h7-8,11H,5-6H2,1-4H3,(H,16,19)(H,20,21). The monoisotopic (exact) mass is 387 g/mol. The molecule has 0 saturated heterocycles. The van der Waals surface area contributed by atoms with Crippen molar-refractivity contribution in [3.05, 3.63) is 33.4 Å². The Balaban J connectivity index is 3.44. The van der Waals surface area contributed by atoms with E-state index in [2.05, 4.69) is 5.32 Å². The number of aryl methyl sites for hydroxylation is 2. The number of rotatable bonds is 8. The molecule has 0 spiro atoms. The highest BCUT2D eigenvalue weighted by molar-refractivity contribution is 7.89. The van der Waals surface area contributed by atoms with Gasteiger partial charge in [-0.15, -0.1) is 0 Å². The van der Waals surface area contributed by atoms with Crippen molar-refractivity contribution in [2.75, 3.05) is 13.1 Å². The van der Waals surface area contributed by atoms with Crippen LogP contribution in [0.5, 0.6) is 0 Å². The van der Waals surface area contributed by atoms with E-state index in [9.17, 15) is 33.2 Å². The minimum Gasteiger partial charge on any atom is -0.480 e. The number of nitro groups is 1. The maximum atomic E-state index is 13.0. The Morgan fingerprint density at radius 1 is 1.31 bits per heavy atom. The molecule has 1 rings (SSSR count). The Morgan fingerprint density at radius 3 is 2.35 bits per heavy atom. The van der Waals surface area contributed by atoms with Gasteiger partial charge >= 0.3 is 5.97 Å². The molecule has 0 fully saturated rings. The number of sulfonamides is 1. The molecule has 144 valence electrons. The summed E-state index contributed by atoms with van der Waals surface area (Å²) >= 11 is 0. The number of carbonyl (C=O) groups excluding carboxylic acids is 1. The van der Waals surface area contributed by atoms with Crippen LogP contribution in [0.3, 0.4) is 0 Å². The van der Waals surface area contributed by atoms with Gasteiger partial charge in [0.15, 0.2) is 0 Å². The first kappa shape index (κ1) is 21.5. The number of hydrogen-bond acceptors (Lipinski definition) is 6. The molecule has 0 aliphatic heterocycles. The molecule has 2 N–H and O–H groups in total. The third-order valence-electron chi connectivity index (χ3n) is 3.77. The van der Waals surface area contributed by atoms with Crippen molar-refractivity contribution in [3.63, 3.8) is 0 Å². The van der Waals surface area contributed by atoms with Crippen LogP contribution in [-0.2, 0) is 19.6 Å². The fourth-order valence-corrected chi connectivity index (χ4v) is 4.23. The van der Waals surface area contributed by atoms with Crippen molar-refractivity contribution in [1.82, 2.24) is 9.62 Å². The van der Waals surface area contributed by atoms with E-state index in [4.69, 9.17) is 0 Å². The first-order chi connectivity index (χ1) is 11.9. The second kappa shape index (κ2) is 8.23. The van der Waals surface area contributed by atoms with E-state index in [1.807, 2.05) is 0 Å². The predicted molar refractivity (Wildman–Crippen MR) is 92.2 cm³/mol. The molecule has 0 bridgehead atoms. The zero-order chi connectivity index (χ0) is 20.2. The van der Waals surface area contributed by atoms with Gasteiger partial charge in [0.05, 0.1) is 9.82 Å². The summed E-state index contributed by atoms with van der Waals surface area (Å²) in [6.07, 6.45) is 0. The number of carboxylic acid groups (broad SMARTS) is 1. The summed E-state index contributed by atoms with van der Waals surface area (Å²) in [6, 6.07) is 0.871. The Kier molecular flexibility index (Phi) is 6.81. The van der Waals surface area contributed by atoms with Gasteiger partial charge in [-0.3, -0.25) is 19.7 Å². The second-order valence-electron chi connectivity index (χ2n) is 5.77. The van der Waals surface area contributed by atoms with Crippen molar-refractivity contribution >= 4 is 27.6 Å². The van der Waals surface area contributed by atoms with Gasteiger partial charge < -0.3 is 10.4 Å². The summed E-state index contributed by atoms with van der Waals surface area (Å²) in [5.41, 5.74) is 0.178. The maximum Gasteiger partial charge on any atom is 0.321 e. The summed E-state index contributed by atoms with van der Waals surface area (Å²) < 4.78 is 26.7. The average Bonchev–Trinajstić information content (AvgIpc) is 2.49. The Morgan fingerprint density at radius 2 is 1.88 bits per heavy atom. The fraction of sp³-hybridized carbons (Fsp3) is 0.467. The number of nitrogens with zero attached hydrogens (tertiary/aromatic N) is 2. The quantitative estimate of drug-likeness (QED) is 0.495. The van der Waals surface area contributed by atoms with Crippen LogP contribution in [0.25, 0.3) is 0 Å². The van der Waals surface area contributed by atoms with Crippen molar-refractivity contribution in [3.8, 4) is 0 Å². The van der Waals surface area contributed by atoms with Gasteiger partial charge in [0, 0.05) is 31.6 Å². The molecular formula is C15H21N3O7S. The summed E-state index contributed by atoms with van der Waals surface area (Å²) in [6.45, 7) is 4.99. The van der Waals surface area contributed by atoms with Gasteiger partial charge in [-0.1, -0.05) is 0 Å². The third kappa shape index (κ3) is 4.76. The SMILES string of the molecule is CC(=O)NCCN(C(C)C(=O)O)S(=O)(=O)c1cc([N+](=O)[O-])c(C)cc1C. The highest BCUT2D eigenvalue weighted by atomic mass is 32.2. The van der Waals surface area contributed by atoms with Crippen LogP contribution in [0.4, 0.5) is 5.69 Å². The van der Waals surface area contributed by atoms with E-state index in [-0.39, 0.29) is 29.2 Å². The number of amides is 1. The third-order valence-corrected chi connectivity index (χ3v) is 5.88. The Labute approximate surface area is 151 Å². The van der Waals surface area contributed by atoms with E-state index in [1.165, 1.54) is 33.8 Å². The molecule has 0 saturated carbocycles. The van der Waals surface area contributed by atoms with E-state index in [0.29, 0.717) is 9.87 Å². The molecule has 0 aromatic heterocycles. The lowest BCUT2D eigenvalue weighted by Crippen LogP contribution is -2.46. The Bertz CT molecular complexity index is 836. The van der Waals surface area contributed by atoms with E-state index < -0.39 is 32.9 Å². The molecule has 10 nitrogen and oxygen atoms in total. The van der Waals surface area contributed by atoms with Gasteiger partial charge in [0.1, 0.15) is 6.04 Å². The molecule has 0 heterocycles. The van der Waals surface area contributed by atoms with Gasteiger partial charge in [0.25, 0.3) is 5.69 Å². The average molecular weight is 387 g/mol. The second-order valence-corrected chi connectivity index (χ2v) is 7.63. The highest BCUT2D eigenvalue weighted by Gasteiger charge is 2.35. The minimum absolute atomic E-state index is 0.0980. The van der Waals surface area contributed by atoms with E-state index in [1.54, 1.807) is 0 Å². The molecule has 0 radical (unpaired) electrons. The Hall–Kier alpha value is -2.53. The molecule has 1 amide bonds. The molecular weight excluding hydrogens is 366 g/mol. The van der Waals surface area contributed by atoms with Gasteiger partial charge in [-0.2, -0.15) is 4.31 Å². The zero-order valence-corrected chi connectivity index (χ0v) is 15.7. The lowest BCUT2D eigenvalue weighted by atomic mass is 10.1. The van der Waals surface area contributed by atoms with Crippen LogP contribution >= 0.6 is 0 Å². The zero-order valence-electron chi connectivity index (χ0n) is 14.8. The van der Waals surface area contributed by atoms with E-state index in [0.717, 1.165) is 6.07 Å².